The van der Waals surface area contributed by atoms with Gasteiger partial charge in [-0.1, -0.05) is 0 Å². The van der Waals surface area contributed by atoms with Crippen molar-refractivity contribution in [3.05, 3.63) is 0 Å². The third-order valence-corrected chi connectivity index (χ3v) is 3.70. The van der Waals surface area contributed by atoms with Crippen molar-refractivity contribution in [1.29, 1.82) is 0 Å². The number of hydrogen-bond donors (Lipinski definition) is 1. The van der Waals surface area contributed by atoms with Crippen molar-refractivity contribution in [3.63, 3.8) is 0 Å². The molecule has 3 fully saturated rings. The van der Waals surface area contributed by atoms with E-state index in [0.717, 1.165) is 19.4 Å². The molecular formula is C10H15N3O2. The highest BCUT2D eigenvalue weighted by atomic mass is 16.2. The van der Waals surface area contributed by atoms with Crippen LogP contribution in [0.1, 0.15) is 19.3 Å². The summed E-state index contributed by atoms with van der Waals surface area (Å²) in [4.78, 5) is 24.4. The third kappa shape index (κ3) is 1.01. The SMILES string of the molecule is O=C1N2CCCN2C(=O)C12CCCNC2. The zero-order chi connectivity index (χ0) is 10.5. The van der Waals surface area contributed by atoms with E-state index in [1.165, 1.54) is 0 Å². The molecule has 2 amide bonds. The Labute approximate surface area is 88.4 Å². The molecule has 3 aliphatic heterocycles. The number of nitrogens with one attached hydrogen (secondary N) is 1. The van der Waals surface area contributed by atoms with Crippen molar-refractivity contribution < 1.29 is 9.59 Å². The molecule has 3 rings (SSSR count). The molecule has 0 bridgehead atoms. The van der Waals surface area contributed by atoms with Crippen LogP contribution in [0.5, 0.6) is 0 Å². The van der Waals surface area contributed by atoms with E-state index in [9.17, 15) is 9.59 Å². The Balaban J connectivity index is 1.96. The molecule has 5 heteroatoms. The summed E-state index contributed by atoms with van der Waals surface area (Å²) in [6, 6.07) is 0. The van der Waals surface area contributed by atoms with Crippen molar-refractivity contribution in [2.75, 3.05) is 26.2 Å². The zero-order valence-corrected chi connectivity index (χ0v) is 8.66. The van der Waals surface area contributed by atoms with Gasteiger partial charge in [0.1, 0.15) is 5.41 Å². The first kappa shape index (κ1) is 9.15. The predicted molar refractivity (Wildman–Crippen MR) is 52.6 cm³/mol. The summed E-state index contributed by atoms with van der Waals surface area (Å²) in [5, 5.41) is 6.47. The first-order valence-electron chi connectivity index (χ1n) is 5.60. The molecule has 3 aliphatic rings. The van der Waals surface area contributed by atoms with Crippen molar-refractivity contribution in [2.24, 2.45) is 5.41 Å². The maximum atomic E-state index is 12.2. The Morgan fingerprint density at radius 2 is 1.73 bits per heavy atom. The van der Waals surface area contributed by atoms with Crippen molar-refractivity contribution >= 4 is 11.8 Å². The van der Waals surface area contributed by atoms with E-state index in [-0.39, 0.29) is 11.8 Å². The summed E-state index contributed by atoms with van der Waals surface area (Å²) in [7, 11) is 0. The Morgan fingerprint density at radius 1 is 1.07 bits per heavy atom. The molecule has 0 aromatic heterocycles. The van der Waals surface area contributed by atoms with Crippen LogP contribution in [0.4, 0.5) is 0 Å². The summed E-state index contributed by atoms with van der Waals surface area (Å²) in [5.74, 6) is 0.0504. The maximum Gasteiger partial charge on any atom is 0.258 e. The van der Waals surface area contributed by atoms with E-state index in [1.54, 1.807) is 10.0 Å². The fourth-order valence-corrected chi connectivity index (χ4v) is 2.89. The largest absolute Gasteiger partial charge is 0.315 e. The molecule has 1 N–H and O–H groups in total. The lowest BCUT2D eigenvalue weighted by atomic mass is 9.79. The number of piperidine rings is 1. The van der Waals surface area contributed by atoms with Crippen molar-refractivity contribution in [3.8, 4) is 0 Å². The van der Waals surface area contributed by atoms with Gasteiger partial charge in [-0.3, -0.25) is 19.6 Å². The molecule has 3 saturated heterocycles. The molecule has 82 valence electrons. The van der Waals surface area contributed by atoms with Gasteiger partial charge in [0, 0.05) is 19.6 Å². The van der Waals surface area contributed by atoms with Crippen LogP contribution in [0.15, 0.2) is 0 Å². The highest BCUT2D eigenvalue weighted by Crippen LogP contribution is 2.39. The Bertz CT molecular complexity index is 299. The van der Waals surface area contributed by atoms with Crippen LogP contribution in [-0.4, -0.2) is 48.0 Å². The van der Waals surface area contributed by atoms with E-state index in [0.29, 0.717) is 26.1 Å². The Kier molecular flexibility index (Phi) is 1.80. The summed E-state index contributed by atoms with van der Waals surface area (Å²) in [5.41, 5.74) is -0.751. The van der Waals surface area contributed by atoms with Crippen LogP contribution in [0, 0.1) is 5.41 Å². The monoisotopic (exact) mass is 209 g/mol. The standard InChI is InChI=1S/C10H15N3O2/c14-8-10(3-1-4-11-7-10)9(15)13-6-2-5-12(8)13/h11H,1-7H2. The molecule has 3 heterocycles. The molecule has 0 atom stereocenters. The fourth-order valence-electron chi connectivity index (χ4n) is 2.89. The van der Waals surface area contributed by atoms with Crippen LogP contribution < -0.4 is 5.32 Å². The number of fused-ring (bicyclic) bond motifs is 1. The number of nitrogens with zero attached hydrogens (tertiary/aromatic N) is 2. The highest BCUT2D eigenvalue weighted by Gasteiger charge is 2.59. The molecule has 0 radical (unpaired) electrons. The van der Waals surface area contributed by atoms with Crippen molar-refractivity contribution in [2.45, 2.75) is 19.3 Å². The number of carbonyl (C=O) groups is 2. The number of carbonyl (C=O) groups excluding carboxylic acids is 2. The summed E-state index contributed by atoms with van der Waals surface area (Å²) in [6.45, 7) is 2.87. The van der Waals surface area contributed by atoms with E-state index < -0.39 is 5.41 Å². The minimum Gasteiger partial charge on any atom is -0.315 e. The van der Waals surface area contributed by atoms with Gasteiger partial charge in [0.05, 0.1) is 0 Å². The Morgan fingerprint density at radius 3 is 2.27 bits per heavy atom. The smallest absolute Gasteiger partial charge is 0.258 e. The molecule has 0 saturated carbocycles. The number of rotatable bonds is 0. The summed E-state index contributed by atoms with van der Waals surface area (Å²) >= 11 is 0. The van der Waals surface area contributed by atoms with Crippen LogP contribution >= 0.6 is 0 Å². The average molecular weight is 209 g/mol. The van der Waals surface area contributed by atoms with Gasteiger partial charge in [-0.05, 0) is 25.8 Å². The van der Waals surface area contributed by atoms with E-state index in [2.05, 4.69) is 5.32 Å². The molecule has 15 heavy (non-hydrogen) atoms. The second kappa shape index (κ2) is 2.95. The van der Waals surface area contributed by atoms with E-state index >= 15 is 0 Å². The Hall–Kier alpha value is -1.10. The van der Waals surface area contributed by atoms with Gasteiger partial charge >= 0.3 is 0 Å². The van der Waals surface area contributed by atoms with Crippen LogP contribution in [0.3, 0.4) is 0 Å². The maximum absolute atomic E-state index is 12.2. The highest BCUT2D eigenvalue weighted by molar-refractivity contribution is 6.10. The quantitative estimate of drug-likeness (QED) is 0.539. The fraction of sp³-hybridized carbons (Fsp3) is 0.800. The van der Waals surface area contributed by atoms with Gasteiger partial charge in [-0.2, -0.15) is 0 Å². The van der Waals surface area contributed by atoms with E-state index in [1.807, 2.05) is 0 Å². The number of hydrogen-bond acceptors (Lipinski definition) is 3. The average Bonchev–Trinajstić information content (AvgIpc) is 2.81. The van der Waals surface area contributed by atoms with Gasteiger partial charge < -0.3 is 5.32 Å². The van der Waals surface area contributed by atoms with Crippen LogP contribution in [0.2, 0.25) is 0 Å². The van der Waals surface area contributed by atoms with Gasteiger partial charge in [0.2, 0.25) is 0 Å². The molecule has 1 spiro atoms. The normalized spacial score (nSPS) is 29.1. The van der Waals surface area contributed by atoms with Crippen LogP contribution in [0.25, 0.3) is 0 Å². The summed E-state index contributed by atoms with van der Waals surface area (Å²) < 4.78 is 0. The topological polar surface area (TPSA) is 52.7 Å². The minimum atomic E-state index is -0.751. The lowest BCUT2D eigenvalue weighted by molar-refractivity contribution is -0.141. The summed E-state index contributed by atoms with van der Waals surface area (Å²) in [6.07, 6.45) is 2.55. The molecule has 5 nitrogen and oxygen atoms in total. The van der Waals surface area contributed by atoms with Gasteiger partial charge in [-0.25, -0.2) is 0 Å². The van der Waals surface area contributed by atoms with E-state index in [4.69, 9.17) is 0 Å². The number of amides is 2. The first-order chi connectivity index (χ1) is 7.26. The third-order valence-electron chi connectivity index (χ3n) is 3.70. The number of hydrazine groups is 1. The molecule has 0 aliphatic carbocycles. The predicted octanol–water partition coefficient (Wildman–Crippen LogP) is -0.654. The molecule has 0 unspecified atom stereocenters. The molecule has 0 aromatic rings. The van der Waals surface area contributed by atoms with Gasteiger partial charge in [0.25, 0.3) is 11.8 Å². The van der Waals surface area contributed by atoms with Gasteiger partial charge in [0.15, 0.2) is 0 Å². The molecular weight excluding hydrogens is 194 g/mol. The lowest BCUT2D eigenvalue weighted by Crippen LogP contribution is -2.49. The van der Waals surface area contributed by atoms with Gasteiger partial charge in [-0.15, -0.1) is 0 Å². The second-order valence-electron chi connectivity index (χ2n) is 4.57. The molecule has 0 aromatic carbocycles. The van der Waals surface area contributed by atoms with Crippen LogP contribution in [-0.2, 0) is 9.59 Å². The zero-order valence-electron chi connectivity index (χ0n) is 8.66. The first-order valence-corrected chi connectivity index (χ1v) is 5.60. The minimum absolute atomic E-state index is 0.0252. The van der Waals surface area contributed by atoms with Crippen molar-refractivity contribution in [1.82, 2.24) is 15.3 Å². The second-order valence-corrected chi connectivity index (χ2v) is 4.57. The lowest BCUT2D eigenvalue weighted by Gasteiger charge is -2.29.